The first-order valence-electron chi connectivity index (χ1n) is 18.1. The topological polar surface area (TPSA) is 163 Å². The Morgan fingerprint density at radius 2 is 0.642 bits per heavy atom. The summed E-state index contributed by atoms with van der Waals surface area (Å²) in [6, 6.07) is 16.0. The minimum absolute atomic E-state index is 0.0244. The summed E-state index contributed by atoms with van der Waals surface area (Å²) in [5, 5.41) is 10.6. The zero-order valence-corrected chi connectivity index (χ0v) is 30.9. The van der Waals surface area contributed by atoms with E-state index in [9.17, 15) is 10.1 Å². The molecular weight excluding hydrogens is 698 g/mol. The van der Waals surface area contributed by atoms with E-state index >= 15 is 0 Å². The fourth-order valence-electron chi connectivity index (χ4n) is 4.07. The fraction of sp³-hybridized carbons (Fsp3) is 0.676. The van der Waals surface area contributed by atoms with Gasteiger partial charge in [0.1, 0.15) is 12.4 Å². The Morgan fingerprint density at radius 1 is 0.358 bits per heavy atom. The molecule has 0 N–H and O–H groups in total. The van der Waals surface area contributed by atoms with Gasteiger partial charge in [0.2, 0.25) is 0 Å². The van der Waals surface area contributed by atoms with Gasteiger partial charge >= 0.3 is 0 Å². The van der Waals surface area contributed by atoms with Gasteiger partial charge in [-0.1, -0.05) is 30.3 Å². The van der Waals surface area contributed by atoms with Gasteiger partial charge in [0.25, 0.3) is 5.69 Å². The molecule has 0 aliphatic heterocycles. The standard InChI is InChI=1S/C37H59NO15/c39-38(40)36-6-8-37(9-7-36)53-33-32-51-29-28-49-25-24-47-21-20-45-17-16-43-13-12-41-10-11-42-14-15-44-18-19-46-22-23-48-26-27-50-30-31-52-34-35-4-2-1-3-5-35/h1-9H,10-34H2. The molecule has 0 heterocycles. The molecule has 0 radical (unpaired) electrons. The minimum atomic E-state index is -0.452. The third kappa shape index (κ3) is 30.2. The second-order valence-corrected chi connectivity index (χ2v) is 10.9. The van der Waals surface area contributed by atoms with Crippen molar-refractivity contribution < 1.29 is 66.5 Å². The van der Waals surface area contributed by atoms with E-state index in [2.05, 4.69) is 0 Å². The molecule has 0 amide bonds. The quantitative estimate of drug-likeness (QED) is 0.0552. The average molecular weight is 758 g/mol. The van der Waals surface area contributed by atoms with Gasteiger partial charge in [0.15, 0.2) is 0 Å². The summed E-state index contributed by atoms with van der Waals surface area (Å²) in [4.78, 5) is 10.2. The van der Waals surface area contributed by atoms with Gasteiger partial charge in [0, 0.05) is 12.1 Å². The molecule has 0 aromatic heterocycles. The molecule has 0 atom stereocenters. The first-order valence-corrected chi connectivity index (χ1v) is 18.1. The van der Waals surface area contributed by atoms with E-state index in [0.717, 1.165) is 5.56 Å². The monoisotopic (exact) mass is 757 g/mol. The third-order valence-corrected chi connectivity index (χ3v) is 6.75. The predicted molar refractivity (Wildman–Crippen MR) is 194 cm³/mol. The van der Waals surface area contributed by atoms with Gasteiger partial charge in [-0.2, -0.15) is 0 Å². The molecule has 0 saturated heterocycles. The molecule has 2 aromatic rings. The molecule has 16 nitrogen and oxygen atoms in total. The maximum Gasteiger partial charge on any atom is 0.269 e. The zero-order valence-electron chi connectivity index (χ0n) is 30.9. The summed E-state index contributed by atoms with van der Waals surface area (Å²) in [6.45, 7) is 12.2. The van der Waals surface area contributed by atoms with Crippen LogP contribution in [0.1, 0.15) is 5.56 Å². The molecular formula is C37H59NO15. The summed E-state index contributed by atoms with van der Waals surface area (Å²) in [7, 11) is 0. The Kier molecular flexibility index (Phi) is 31.6. The largest absolute Gasteiger partial charge is 0.491 e. The van der Waals surface area contributed by atoms with E-state index in [1.54, 1.807) is 12.1 Å². The van der Waals surface area contributed by atoms with Gasteiger partial charge in [-0.3, -0.25) is 10.1 Å². The maximum atomic E-state index is 10.6. The van der Waals surface area contributed by atoms with Crippen LogP contribution in [0, 0.1) is 10.1 Å². The molecule has 0 aliphatic carbocycles. The summed E-state index contributed by atoms with van der Waals surface area (Å²) in [5.41, 5.74) is 1.18. The van der Waals surface area contributed by atoms with E-state index in [0.29, 0.717) is 171 Å². The summed E-state index contributed by atoms with van der Waals surface area (Å²) in [5.74, 6) is 0.555. The Balaban J connectivity index is 1.14. The van der Waals surface area contributed by atoms with E-state index in [-0.39, 0.29) is 5.69 Å². The van der Waals surface area contributed by atoms with Crippen LogP contribution >= 0.6 is 0 Å². The van der Waals surface area contributed by atoms with Crippen LogP contribution in [-0.4, -0.2) is 163 Å². The summed E-state index contributed by atoms with van der Waals surface area (Å²) < 4.78 is 71.3. The highest BCUT2D eigenvalue weighted by atomic mass is 16.6. The number of hydrogen-bond donors (Lipinski definition) is 0. The predicted octanol–water partition coefficient (Wildman–Crippen LogP) is 3.37. The van der Waals surface area contributed by atoms with Crippen molar-refractivity contribution in [1.29, 1.82) is 0 Å². The van der Waals surface area contributed by atoms with Crippen LogP contribution in [0.4, 0.5) is 5.69 Å². The molecule has 0 unspecified atom stereocenters. The van der Waals surface area contributed by atoms with Gasteiger partial charge < -0.3 is 61.6 Å². The normalized spacial score (nSPS) is 11.3. The van der Waals surface area contributed by atoms with Crippen LogP contribution in [0.25, 0.3) is 0 Å². The summed E-state index contributed by atoms with van der Waals surface area (Å²) in [6.07, 6.45) is 0. The van der Waals surface area contributed by atoms with Gasteiger partial charge in [-0.05, 0) is 17.7 Å². The average Bonchev–Trinajstić information content (AvgIpc) is 3.18. The van der Waals surface area contributed by atoms with Crippen molar-refractivity contribution in [2.24, 2.45) is 0 Å². The Bertz CT molecular complexity index is 1070. The van der Waals surface area contributed by atoms with Crippen molar-refractivity contribution in [2.45, 2.75) is 6.61 Å². The highest BCUT2D eigenvalue weighted by Crippen LogP contribution is 2.17. The lowest BCUT2D eigenvalue weighted by molar-refractivity contribution is -0.384. The SMILES string of the molecule is O=[N+]([O-])c1ccc(OCCOCCOCCOCCOCCOCCOCCOCCOCCOCCOCCOCCOCc2ccccc2)cc1. The van der Waals surface area contributed by atoms with Crippen LogP contribution in [0.15, 0.2) is 54.6 Å². The molecule has 16 heteroatoms. The number of benzene rings is 2. The van der Waals surface area contributed by atoms with Crippen LogP contribution in [0.2, 0.25) is 0 Å². The highest BCUT2D eigenvalue weighted by molar-refractivity contribution is 5.35. The molecule has 2 aromatic carbocycles. The van der Waals surface area contributed by atoms with E-state index < -0.39 is 4.92 Å². The van der Waals surface area contributed by atoms with Gasteiger partial charge in [-0.25, -0.2) is 0 Å². The molecule has 2 rings (SSSR count). The van der Waals surface area contributed by atoms with E-state index in [4.69, 9.17) is 61.6 Å². The lowest BCUT2D eigenvalue weighted by Crippen LogP contribution is -2.15. The van der Waals surface area contributed by atoms with E-state index in [1.165, 1.54) is 12.1 Å². The lowest BCUT2D eigenvalue weighted by Gasteiger charge is -2.09. The highest BCUT2D eigenvalue weighted by Gasteiger charge is 2.04. The minimum Gasteiger partial charge on any atom is -0.491 e. The van der Waals surface area contributed by atoms with Gasteiger partial charge in [-0.15, -0.1) is 0 Å². The number of nitrogens with zero attached hydrogens (tertiary/aromatic N) is 1. The molecule has 53 heavy (non-hydrogen) atoms. The fourth-order valence-corrected chi connectivity index (χ4v) is 4.07. The second-order valence-electron chi connectivity index (χ2n) is 10.9. The Morgan fingerprint density at radius 3 is 0.943 bits per heavy atom. The van der Waals surface area contributed by atoms with Crippen LogP contribution in [0.3, 0.4) is 0 Å². The van der Waals surface area contributed by atoms with Crippen LogP contribution in [-0.2, 0) is 63.4 Å². The van der Waals surface area contributed by atoms with Gasteiger partial charge in [0.05, 0.1) is 163 Å². The van der Waals surface area contributed by atoms with Crippen LogP contribution < -0.4 is 4.74 Å². The number of hydrogen-bond acceptors (Lipinski definition) is 15. The second kappa shape index (κ2) is 36.2. The van der Waals surface area contributed by atoms with Crippen molar-refractivity contribution in [3.05, 3.63) is 70.3 Å². The number of nitro benzene ring substituents is 1. The van der Waals surface area contributed by atoms with Crippen molar-refractivity contribution >= 4 is 5.69 Å². The Hall–Kier alpha value is -2.84. The third-order valence-electron chi connectivity index (χ3n) is 6.75. The van der Waals surface area contributed by atoms with Crippen molar-refractivity contribution in [1.82, 2.24) is 0 Å². The lowest BCUT2D eigenvalue weighted by atomic mass is 10.2. The van der Waals surface area contributed by atoms with Crippen LogP contribution in [0.5, 0.6) is 5.75 Å². The van der Waals surface area contributed by atoms with Crippen molar-refractivity contribution in [3.63, 3.8) is 0 Å². The van der Waals surface area contributed by atoms with E-state index in [1.807, 2.05) is 30.3 Å². The summed E-state index contributed by atoms with van der Waals surface area (Å²) >= 11 is 0. The Labute approximate surface area is 313 Å². The van der Waals surface area contributed by atoms with Crippen molar-refractivity contribution in [3.8, 4) is 5.75 Å². The molecule has 0 fully saturated rings. The molecule has 0 bridgehead atoms. The maximum absolute atomic E-state index is 10.6. The first kappa shape index (κ1) is 46.3. The molecule has 302 valence electrons. The number of ether oxygens (including phenoxy) is 13. The molecule has 0 spiro atoms. The number of non-ortho nitro benzene ring substituents is 1. The smallest absolute Gasteiger partial charge is 0.269 e. The molecule has 0 saturated carbocycles. The number of rotatable bonds is 40. The molecule has 0 aliphatic rings. The zero-order chi connectivity index (χ0) is 37.5. The first-order chi connectivity index (χ1) is 26.3. The van der Waals surface area contributed by atoms with Crippen molar-refractivity contribution in [2.75, 3.05) is 159 Å². The number of nitro groups is 1.